The standard InChI is InChI=1S/C21H30N2O5S2Si/c1-9-10-26-20(25)28-18-16(15-12(2)22-13(3)29-15)30-19-14(17(24)23(18)19)11-27-31(7,8)21(4,5)6/h9,14,19H,1,10-11H2,2-8H3/t14-,19+/m0/s1. The van der Waals surface area contributed by atoms with Gasteiger partial charge < -0.3 is 13.9 Å². The molecule has 0 radical (unpaired) electrons. The molecule has 3 rings (SSSR count). The normalized spacial score (nSPS) is 21.1. The number of hydrogen-bond acceptors (Lipinski definition) is 8. The highest BCUT2D eigenvalue weighted by Crippen LogP contribution is 2.55. The minimum Gasteiger partial charge on any atom is -0.430 e. The van der Waals surface area contributed by atoms with E-state index in [0.29, 0.717) is 6.61 Å². The van der Waals surface area contributed by atoms with Gasteiger partial charge in [-0.15, -0.1) is 11.3 Å². The molecule has 0 unspecified atom stereocenters. The van der Waals surface area contributed by atoms with Crippen molar-refractivity contribution in [2.75, 3.05) is 13.2 Å². The molecule has 0 spiro atoms. The van der Waals surface area contributed by atoms with Crippen LogP contribution in [0.3, 0.4) is 0 Å². The van der Waals surface area contributed by atoms with E-state index in [4.69, 9.17) is 13.9 Å². The molecule has 10 heteroatoms. The lowest BCUT2D eigenvalue weighted by Gasteiger charge is -2.44. The molecule has 0 bridgehead atoms. The maximum atomic E-state index is 13.0. The highest BCUT2D eigenvalue weighted by Gasteiger charge is 2.57. The molecule has 1 aromatic heterocycles. The number of carbonyl (C=O) groups is 2. The number of nitrogens with zero attached hydrogens (tertiary/aromatic N) is 2. The van der Waals surface area contributed by atoms with Crippen molar-refractivity contribution in [1.82, 2.24) is 9.88 Å². The van der Waals surface area contributed by atoms with Crippen LogP contribution in [0.15, 0.2) is 18.5 Å². The van der Waals surface area contributed by atoms with Gasteiger partial charge in [-0.1, -0.05) is 45.2 Å². The molecule has 170 valence electrons. The lowest BCUT2D eigenvalue weighted by atomic mass is 10.00. The fourth-order valence-corrected chi connectivity index (χ4v) is 6.60. The third-order valence-electron chi connectivity index (χ3n) is 5.84. The summed E-state index contributed by atoms with van der Waals surface area (Å²) in [6.07, 6.45) is 0.601. The Hall–Kier alpha value is -1.62. The predicted molar refractivity (Wildman–Crippen MR) is 126 cm³/mol. The van der Waals surface area contributed by atoms with Crippen molar-refractivity contribution in [2.24, 2.45) is 5.92 Å². The molecule has 0 aromatic carbocycles. The summed E-state index contributed by atoms with van der Waals surface area (Å²) in [7, 11) is -1.98. The summed E-state index contributed by atoms with van der Waals surface area (Å²) in [4.78, 5) is 32.9. The number of fused-ring (bicyclic) bond motifs is 1. The van der Waals surface area contributed by atoms with Gasteiger partial charge in [-0.2, -0.15) is 0 Å². The molecule has 0 saturated carbocycles. The molecule has 31 heavy (non-hydrogen) atoms. The van der Waals surface area contributed by atoms with Crippen LogP contribution in [0.2, 0.25) is 18.1 Å². The van der Waals surface area contributed by atoms with Gasteiger partial charge in [0.05, 0.1) is 26.4 Å². The second-order valence-corrected chi connectivity index (χ2v) is 16.3. The number of β-lactam (4-membered cyclic amide) rings is 1. The SMILES string of the molecule is C=CCOC(=O)OC1=C(c2sc(C)nc2C)S[C@@H]2[C@@H](CO[Si](C)(C)C(C)(C)C)C(=O)N12. The fourth-order valence-electron chi connectivity index (χ4n) is 3.05. The van der Waals surface area contributed by atoms with Gasteiger partial charge in [0.15, 0.2) is 8.32 Å². The van der Waals surface area contributed by atoms with Crippen molar-refractivity contribution in [3.05, 3.63) is 34.1 Å². The van der Waals surface area contributed by atoms with E-state index in [2.05, 4.69) is 45.4 Å². The van der Waals surface area contributed by atoms with Gasteiger partial charge in [0.2, 0.25) is 11.8 Å². The van der Waals surface area contributed by atoms with Crippen LogP contribution in [0.25, 0.3) is 4.91 Å². The molecule has 2 aliphatic rings. The van der Waals surface area contributed by atoms with E-state index in [-0.39, 0.29) is 34.7 Å². The average Bonchev–Trinajstić information content (AvgIpc) is 3.15. The Labute approximate surface area is 193 Å². The molecule has 1 amide bonds. The van der Waals surface area contributed by atoms with Crippen molar-refractivity contribution in [3.63, 3.8) is 0 Å². The van der Waals surface area contributed by atoms with E-state index in [0.717, 1.165) is 20.5 Å². The topological polar surface area (TPSA) is 78.0 Å². The molecule has 3 heterocycles. The predicted octanol–water partition coefficient (Wildman–Crippen LogP) is 5.28. The van der Waals surface area contributed by atoms with Crippen LogP contribution in [0.1, 0.15) is 36.3 Å². The van der Waals surface area contributed by atoms with Crippen LogP contribution in [0.5, 0.6) is 0 Å². The second kappa shape index (κ2) is 8.72. The van der Waals surface area contributed by atoms with Crippen molar-refractivity contribution < 1.29 is 23.5 Å². The molecule has 1 saturated heterocycles. The van der Waals surface area contributed by atoms with E-state index in [1.54, 1.807) is 4.90 Å². The first-order valence-corrected chi connectivity index (χ1v) is 14.8. The summed E-state index contributed by atoms with van der Waals surface area (Å²) < 4.78 is 16.8. The third-order valence-corrected chi connectivity index (χ3v) is 13.0. The zero-order valence-corrected chi connectivity index (χ0v) is 21.7. The third kappa shape index (κ3) is 4.62. The van der Waals surface area contributed by atoms with Crippen LogP contribution >= 0.6 is 23.1 Å². The molecular formula is C21H30N2O5S2Si. The summed E-state index contributed by atoms with van der Waals surface area (Å²) in [5, 5.41) is 0.801. The van der Waals surface area contributed by atoms with E-state index < -0.39 is 14.5 Å². The minimum absolute atomic E-state index is 0.0354. The van der Waals surface area contributed by atoms with Crippen molar-refractivity contribution in [2.45, 2.75) is 58.1 Å². The molecule has 0 N–H and O–H groups in total. The van der Waals surface area contributed by atoms with E-state index in [1.807, 2.05) is 13.8 Å². The highest BCUT2D eigenvalue weighted by atomic mass is 32.2. The van der Waals surface area contributed by atoms with Gasteiger partial charge in [-0.3, -0.25) is 9.69 Å². The van der Waals surface area contributed by atoms with E-state index in [9.17, 15) is 9.59 Å². The Morgan fingerprint density at radius 1 is 1.32 bits per heavy atom. The summed E-state index contributed by atoms with van der Waals surface area (Å²) in [6, 6.07) is 0. The summed E-state index contributed by atoms with van der Waals surface area (Å²) in [5.74, 6) is -0.158. The largest absolute Gasteiger partial charge is 0.515 e. The van der Waals surface area contributed by atoms with Gasteiger partial charge in [-0.25, -0.2) is 9.78 Å². The Kier molecular flexibility index (Phi) is 6.76. The smallest absolute Gasteiger partial charge is 0.430 e. The number of rotatable bonds is 7. The van der Waals surface area contributed by atoms with Gasteiger partial charge in [-0.05, 0) is 32.0 Å². The maximum Gasteiger partial charge on any atom is 0.515 e. The highest BCUT2D eigenvalue weighted by molar-refractivity contribution is 8.09. The number of thioether (sulfide) groups is 1. The monoisotopic (exact) mass is 482 g/mol. The van der Waals surface area contributed by atoms with Crippen LogP contribution in [-0.4, -0.2) is 48.9 Å². The van der Waals surface area contributed by atoms with Gasteiger partial charge in [0, 0.05) is 6.61 Å². The zero-order valence-electron chi connectivity index (χ0n) is 19.1. The number of aryl methyl sites for hydroxylation is 2. The van der Waals surface area contributed by atoms with Gasteiger partial charge in [0.25, 0.3) is 0 Å². The first kappa shape index (κ1) is 24.0. The van der Waals surface area contributed by atoms with Crippen LogP contribution in [0.4, 0.5) is 4.79 Å². The van der Waals surface area contributed by atoms with Gasteiger partial charge in [0.1, 0.15) is 12.0 Å². The molecule has 2 atom stereocenters. The molecule has 0 aliphatic carbocycles. The lowest BCUT2D eigenvalue weighted by Crippen LogP contribution is -2.59. The first-order valence-electron chi connectivity index (χ1n) is 10.1. The molecule has 7 nitrogen and oxygen atoms in total. The summed E-state index contributed by atoms with van der Waals surface area (Å²) >= 11 is 3.04. The quantitative estimate of drug-likeness (QED) is 0.226. The Bertz CT molecular complexity index is 935. The zero-order chi connectivity index (χ0) is 23.1. The molecular weight excluding hydrogens is 452 g/mol. The van der Waals surface area contributed by atoms with Crippen LogP contribution < -0.4 is 0 Å². The summed E-state index contributed by atoms with van der Waals surface area (Å²) in [5.41, 5.74) is 0.842. The van der Waals surface area contributed by atoms with Crippen molar-refractivity contribution in [1.29, 1.82) is 0 Å². The lowest BCUT2D eigenvalue weighted by molar-refractivity contribution is -0.151. The Balaban J connectivity index is 1.83. The minimum atomic E-state index is -1.98. The number of amides is 1. The number of ether oxygens (including phenoxy) is 2. The first-order chi connectivity index (χ1) is 14.4. The maximum absolute atomic E-state index is 13.0. The summed E-state index contributed by atoms with van der Waals surface area (Å²) in [6.45, 7) is 18.6. The number of thiazole rings is 1. The number of aromatic nitrogens is 1. The second-order valence-electron chi connectivity index (χ2n) is 9.13. The molecule has 1 fully saturated rings. The van der Waals surface area contributed by atoms with E-state index >= 15 is 0 Å². The number of carbonyl (C=O) groups excluding carboxylic acids is 2. The Morgan fingerprint density at radius 3 is 2.55 bits per heavy atom. The van der Waals surface area contributed by atoms with Crippen molar-refractivity contribution >= 4 is 48.4 Å². The Morgan fingerprint density at radius 2 is 2.00 bits per heavy atom. The average molecular weight is 483 g/mol. The number of hydrogen-bond donors (Lipinski definition) is 0. The van der Waals surface area contributed by atoms with Crippen LogP contribution in [0, 0.1) is 19.8 Å². The van der Waals surface area contributed by atoms with Crippen LogP contribution in [-0.2, 0) is 18.7 Å². The van der Waals surface area contributed by atoms with Crippen molar-refractivity contribution in [3.8, 4) is 0 Å². The van der Waals surface area contributed by atoms with E-state index in [1.165, 1.54) is 29.2 Å². The van der Waals surface area contributed by atoms with Gasteiger partial charge >= 0.3 is 6.16 Å². The fraction of sp³-hybridized carbons (Fsp3) is 0.571. The molecule has 1 aromatic rings. The molecule has 2 aliphatic heterocycles.